The van der Waals surface area contributed by atoms with Crippen molar-refractivity contribution in [1.29, 1.82) is 0 Å². The summed E-state index contributed by atoms with van der Waals surface area (Å²) in [5, 5.41) is 0. The minimum atomic E-state index is 0.198. The maximum Gasteiger partial charge on any atom is 0.253 e. The van der Waals surface area contributed by atoms with Crippen LogP contribution in [0.2, 0.25) is 0 Å². The molecule has 0 aliphatic rings. The number of benzene rings is 1. The molecule has 0 aromatic heterocycles. The average molecular weight is 289 g/mol. The molecule has 1 aromatic rings. The molecule has 21 heavy (non-hydrogen) atoms. The van der Waals surface area contributed by atoms with Crippen LogP contribution < -0.4 is 0 Å². The van der Waals surface area contributed by atoms with E-state index in [4.69, 9.17) is 0 Å². The third-order valence-electron chi connectivity index (χ3n) is 3.87. The highest BCUT2D eigenvalue weighted by Gasteiger charge is 2.14. The van der Waals surface area contributed by atoms with Crippen molar-refractivity contribution in [2.24, 2.45) is 0 Å². The molecular weight excluding hydrogens is 258 g/mol. The fourth-order valence-electron chi connectivity index (χ4n) is 2.54. The van der Waals surface area contributed by atoms with Crippen molar-refractivity contribution < 1.29 is 4.79 Å². The van der Waals surface area contributed by atoms with Crippen molar-refractivity contribution in [2.75, 3.05) is 13.1 Å². The van der Waals surface area contributed by atoms with E-state index in [1.807, 2.05) is 30.3 Å². The number of nitrogens with zero attached hydrogens (tertiary/aromatic N) is 1. The van der Waals surface area contributed by atoms with Crippen molar-refractivity contribution in [1.82, 2.24) is 4.90 Å². The summed E-state index contributed by atoms with van der Waals surface area (Å²) in [6.45, 7) is 6.25. The zero-order chi connectivity index (χ0) is 15.3. The van der Waals surface area contributed by atoms with E-state index in [-0.39, 0.29) is 5.91 Å². The van der Waals surface area contributed by atoms with Gasteiger partial charge in [0.15, 0.2) is 0 Å². The van der Waals surface area contributed by atoms with Gasteiger partial charge in [0.2, 0.25) is 0 Å². The lowest BCUT2D eigenvalue weighted by atomic mass is 10.1. The number of hydrogen-bond acceptors (Lipinski definition) is 1. The van der Waals surface area contributed by atoms with Gasteiger partial charge in [-0.05, 0) is 25.0 Å². The first kappa shape index (κ1) is 17.7. The van der Waals surface area contributed by atoms with Crippen LogP contribution in [0.5, 0.6) is 0 Å². The number of amides is 1. The van der Waals surface area contributed by atoms with Gasteiger partial charge in [-0.2, -0.15) is 0 Å². The summed E-state index contributed by atoms with van der Waals surface area (Å²) in [4.78, 5) is 14.7. The largest absolute Gasteiger partial charge is 0.339 e. The van der Waals surface area contributed by atoms with E-state index in [1.54, 1.807) is 0 Å². The Labute approximate surface area is 130 Å². The second kappa shape index (κ2) is 11.4. The summed E-state index contributed by atoms with van der Waals surface area (Å²) in [5.41, 5.74) is 0.823. The summed E-state index contributed by atoms with van der Waals surface area (Å²) >= 11 is 0. The van der Waals surface area contributed by atoms with E-state index in [9.17, 15) is 4.79 Å². The third-order valence-corrected chi connectivity index (χ3v) is 3.87. The highest BCUT2D eigenvalue weighted by atomic mass is 16.2. The van der Waals surface area contributed by atoms with Crippen molar-refractivity contribution >= 4 is 5.91 Å². The zero-order valence-electron chi connectivity index (χ0n) is 13.8. The van der Waals surface area contributed by atoms with Crippen LogP contribution >= 0.6 is 0 Å². The maximum atomic E-state index is 12.6. The quantitative estimate of drug-likeness (QED) is 0.507. The number of rotatable bonds is 11. The van der Waals surface area contributed by atoms with E-state index in [1.165, 1.54) is 38.5 Å². The van der Waals surface area contributed by atoms with Gasteiger partial charge < -0.3 is 4.90 Å². The molecule has 118 valence electrons. The molecule has 0 fully saturated rings. The van der Waals surface area contributed by atoms with Crippen molar-refractivity contribution in [2.45, 2.75) is 65.2 Å². The lowest BCUT2D eigenvalue weighted by Crippen LogP contribution is -2.33. The second-order valence-electron chi connectivity index (χ2n) is 5.78. The molecule has 0 N–H and O–H groups in total. The molecule has 0 spiro atoms. The Morgan fingerprint density at radius 3 is 1.81 bits per heavy atom. The smallest absolute Gasteiger partial charge is 0.253 e. The van der Waals surface area contributed by atoms with Crippen molar-refractivity contribution in [3.63, 3.8) is 0 Å². The Bertz CT molecular complexity index is 362. The third kappa shape index (κ3) is 7.31. The number of carbonyl (C=O) groups excluding carboxylic acids is 1. The van der Waals surface area contributed by atoms with Gasteiger partial charge in [-0.25, -0.2) is 0 Å². The molecular formula is C19H31NO. The summed E-state index contributed by atoms with van der Waals surface area (Å²) < 4.78 is 0. The summed E-state index contributed by atoms with van der Waals surface area (Å²) in [5.74, 6) is 0.198. The first-order valence-corrected chi connectivity index (χ1v) is 8.64. The van der Waals surface area contributed by atoms with E-state index in [0.717, 1.165) is 31.5 Å². The van der Waals surface area contributed by atoms with Crippen molar-refractivity contribution in [3.8, 4) is 0 Å². The van der Waals surface area contributed by atoms with E-state index >= 15 is 0 Å². The molecule has 0 atom stereocenters. The van der Waals surface area contributed by atoms with E-state index < -0.39 is 0 Å². The highest BCUT2D eigenvalue weighted by Crippen LogP contribution is 2.10. The van der Waals surface area contributed by atoms with Gasteiger partial charge in [0.05, 0.1) is 0 Å². The Hall–Kier alpha value is -1.31. The van der Waals surface area contributed by atoms with Gasteiger partial charge in [0, 0.05) is 18.7 Å². The normalized spacial score (nSPS) is 10.6. The van der Waals surface area contributed by atoms with Crippen LogP contribution in [0.4, 0.5) is 0 Å². The molecule has 2 nitrogen and oxygen atoms in total. The second-order valence-corrected chi connectivity index (χ2v) is 5.78. The average Bonchev–Trinajstić information content (AvgIpc) is 2.53. The van der Waals surface area contributed by atoms with Crippen LogP contribution in [-0.2, 0) is 0 Å². The highest BCUT2D eigenvalue weighted by molar-refractivity contribution is 5.94. The van der Waals surface area contributed by atoms with Gasteiger partial charge in [0.25, 0.3) is 5.91 Å². The number of carbonyl (C=O) groups is 1. The zero-order valence-corrected chi connectivity index (χ0v) is 13.8. The van der Waals surface area contributed by atoms with Gasteiger partial charge in [0.1, 0.15) is 0 Å². The summed E-state index contributed by atoms with van der Waals surface area (Å²) in [6.07, 6.45) is 9.72. The van der Waals surface area contributed by atoms with Crippen LogP contribution in [0.1, 0.15) is 75.6 Å². The standard InChI is InChI=1S/C19H31NO/c1-3-5-7-12-16-20(17-13-8-6-4-2)19(21)18-14-10-9-11-15-18/h9-11,14-15H,3-8,12-13,16-17H2,1-2H3. The molecule has 0 bridgehead atoms. The molecule has 0 aliphatic carbocycles. The molecule has 0 unspecified atom stereocenters. The minimum absolute atomic E-state index is 0.198. The molecule has 0 saturated heterocycles. The van der Waals surface area contributed by atoms with Gasteiger partial charge >= 0.3 is 0 Å². The topological polar surface area (TPSA) is 20.3 Å². The molecule has 1 rings (SSSR count). The maximum absolute atomic E-state index is 12.6. The first-order chi connectivity index (χ1) is 10.3. The first-order valence-electron chi connectivity index (χ1n) is 8.64. The van der Waals surface area contributed by atoms with Crippen LogP contribution in [0, 0.1) is 0 Å². The predicted octanol–water partition coefficient (Wildman–Crippen LogP) is 5.29. The lowest BCUT2D eigenvalue weighted by molar-refractivity contribution is 0.0749. The fourth-order valence-corrected chi connectivity index (χ4v) is 2.54. The van der Waals surface area contributed by atoms with Crippen LogP contribution in [0.25, 0.3) is 0 Å². The molecule has 2 heteroatoms. The molecule has 0 saturated carbocycles. The van der Waals surface area contributed by atoms with Crippen LogP contribution in [0.15, 0.2) is 30.3 Å². The molecule has 0 heterocycles. The van der Waals surface area contributed by atoms with Crippen LogP contribution in [0.3, 0.4) is 0 Å². The summed E-state index contributed by atoms with van der Waals surface area (Å²) in [7, 11) is 0. The molecule has 0 radical (unpaired) electrons. The molecule has 0 aliphatic heterocycles. The fraction of sp³-hybridized carbons (Fsp3) is 0.632. The molecule has 1 amide bonds. The Morgan fingerprint density at radius 2 is 1.33 bits per heavy atom. The minimum Gasteiger partial charge on any atom is -0.339 e. The Morgan fingerprint density at radius 1 is 0.810 bits per heavy atom. The van der Waals surface area contributed by atoms with E-state index in [2.05, 4.69) is 18.7 Å². The lowest BCUT2D eigenvalue weighted by Gasteiger charge is -2.23. The van der Waals surface area contributed by atoms with E-state index in [0.29, 0.717) is 0 Å². The number of hydrogen-bond donors (Lipinski definition) is 0. The van der Waals surface area contributed by atoms with Crippen LogP contribution in [-0.4, -0.2) is 23.9 Å². The van der Waals surface area contributed by atoms with Gasteiger partial charge in [-0.15, -0.1) is 0 Å². The Kier molecular flexibility index (Phi) is 9.60. The Balaban J connectivity index is 2.51. The van der Waals surface area contributed by atoms with Gasteiger partial charge in [-0.1, -0.05) is 70.6 Å². The monoisotopic (exact) mass is 289 g/mol. The number of unbranched alkanes of at least 4 members (excludes halogenated alkanes) is 6. The SMILES string of the molecule is CCCCCCN(CCCCCC)C(=O)c1ccccc1. The van der Waals surface area contributed by atoms with Gasteiger partial charge in [-0.3, -0.25) is 4.79 Å². The molecule has 1 aromatic carbocycles. The predicted molar refractivity (Wildman–Crippen MR) is 90.6 cm³/mol. The van der Waals surface area contributed by atoms with Crippen molar-refractivity contribution in [3.05, 3.63) is 35.9 Å². The summed E-state index contributed by atoms with van der Waals surface area (Å²) in [6, 6.07) is 9.70.